The smallest absolute Gasteiger partial charge is 0.329 e. The molecule has 8 nitrogen and oxygen atoms in total. The van der Waals surface area contributed by atoms with Gasteiger partial charge in [0.15, 0.2) is 0 Å². The van der Waals surface area contributed by atoms with E-state index in [1.54, 1.807) is 60.7 Å². The Morgan fingerprint density at radius 3 is 2.47 bits per heavy atom. The van der Waals surface area contributed by atoms with Crippen LogP contribution in [0.1, 0.15) is 53.6 Å². The Morgan fingerprint density at radius 2 is 1.68 bits per heavy atom. The maximum Gasteiger partial charge on any atom is 0.329 e. The van der Waals surface area contributed by atoms with Crippen molar-refractivity contribution in [2.75, 3.05) is 5.32 Å². The summed E-state index contributed by atoms with van der Waals surface area (Å²) in [5, 5.41) is 10.1. The van der Waals surface area contributed by atoms with Crippen molar-refractivity contribution in [3.63, 3.8) is 0 Å². The lowest BCUT2D eigenvalue weighted by molar-refractivity contribution is -0.136. The van der Waals surface area contributed by atoms with E-state index in [4.69, 9.17) is 16.3 Å². The molecule has 0 aliphatic heterocycles. The quantitative estimate of drug-likeness (QED) is 0.214. The second-order valence-corrected chi connectivity index (χ2v) is 9.43. The predicted molar refractivity (Wildman–Crippen MR) is 147 cm³/mol. The fourth-order valence-electron chi connectivity index (χ4n) is 4.13. The van der Waals surface area contributed by atoms with Gasteiger partial charge >= 0.3 is 11.8 Å². The summed E-state index contributed by atoms with van der Waals surface area (Å²) in [5.41, 5.74) is 4.42. The molecule has 0 spiro atoms. The van der Waals surface area contributed by atoms with Gasteiger partial charge < -0.3 is 15.4 Å². The molecule has 0 atom stereocenters. The normalized spacial score (nSPS) is 13.6. The van der Waals surface area contributed by atoms with Gasteiger partial charge in [-0.05, 0) is 60.4 Å². The topological polar surface area (TPSA) is 109 Å². The van der Waals surface area contributed by atoms with E-state index in [1.165, 1.54) is 12.6 Å². The van der Waals surface area contributed by atoms with Gasteiger partial charge in [-0.2, -0.15) is 5.10 Å². The Balaban J connectivity index is 1.29. The minimum Gasteiger partial charge on any atom is -0.489 e. The van der Waals surface area contributed by atoms with Crippen LogP contribution in [-0.2, 0) is 16.2 Å². The number of hydrazone groups is 1. The average molecular weight is 533 g/mol. The number of halogens is 1. The van der Waals surface area contributed by atoms with E-state index in [9.17, 15) is 14.4 Å². The molecule has 3 aromatic rings. The van der Waals surface area contributed by atoms with Crippen molar-refractivity contribution in [2.24, 2.45) is 5.10 Å². The van der Waals surface area contributed by atoms with E-state index in [2.05, 4.69) is 21.2 Å². The van der Waals surface area contributed by atoms with Crippen LogP contribution in [0, 0.1) is 0 Å². The highest BCUT2D eigenvalue weighted by molar-refractivity contribution is 6.40. The molecule has 3 amide bonds. The molecule has 0 unspecified atom stereocenters. The summed E-state index contributed by atoms with van der Waals surface area (Å²) in [6.07, 6.45) is 6.65. The molecule has 0 radical (unpaired) electrons. The van der Waals surface area contributed by atoms with Crippen LogP contribution in [0.5, 0.6) is 5.75 Å². The van der Waals surface area contributed by atoms with Gasteiger partial charge in [0.2, 0.25) is 0 Å². The first-order chi connectivity index (χ1) is 18.5. The molecular formula is C29H29ClN4O4. The highest BCUT2D eigenvalue weighted by Crippen LogP contribution is 2.20. The molecule has 0 bridgehead atoms. The maximum atomic E-state index is 12.8. The van der Waals surface area contributed by atoms with Crippen LogP contribution in [0.25, 0.3) is 0 Å². The van der Waals surface area contributed by atoms with Crippen molar-refractivity contribution >= 4 is 41.2 Å². The standard InChI is InChI=1S/C29H29ClN4O4/c30-22-15-13-20(14-16-22)19-38-24-10-6-7-21(17-24)18-31-34-29(37)28(36)33-26-12-5-4-11-25(26)27(35)32-23-8-2-1-3-9-23/h4-7,10-18,23H,1-3,8-9,19H2,(H,32,35)(H,33,36)(H,34,37). The Bertz CT molecular complexity index is 1300. The Labute approximate surface area is 226 Å². The summed E-state index contributed by atoms with van der Waals surface area (Å²) in [5.74, 6) is -1.54. The van der Waals surface area contributed by atoms with Crippen molar-refractivity contribution in [3.8, 4) is 5.75 Å². The zero-order valence-electron chi connectivity index (χ0n) is 20.8. The van der Waals surface area contributed by atoms with Crippen molar-refractivity contribution in [3.05, 3.63) is 94.5 Å². The molecule has 3 aromatic carbocycles. The highest BCUT2D eigenvalue weighted by Gasteiger charge is 2.20. The molecule has 0 saturated heterocycles. The number of hydrogen-bond acceptors (Lipinski definition) is 5. The number of rotatable bonds is 8. The fraction of sp³-hybridized carbons (Fsp3) is 0.241. The van der Waals surface area contributed by atoms with Gasteiger partial charge in [0.25, 0.3) is 5.91 Å². The first kappa shape index (κ1) is 26.9. The van der Waals surface area contributed by atoms with E-state index in [-0.39, 0.29) is 17.6 Å². The number of anilines is 1. The summed E-state index contributed by atoms with van der Waals surface area (Å²) in [4.78, 5) is 37.6. The molecule has 38 heavy (non-hydrogen) atoms. The molecule has 196 valence electrons. The first-order valence-corrected chi connectivity index (χ1v) is 12.9. The molecule has 0 heterocycles. The van der Waals surface area contributed by atoms with Crippen molar-refractivity contribution in [1.82, 2.24) is 10.7 Å². The zero-order chi connectivity index (χ0) is 26.7. The van der Waals surface area contributed by atoms with Crippen molar-refractivity contribution in [2.45, 2.75) is 44.8 Å². The monoisotopic (exact) mass is 532 g/mol. The maximum absolute atomic E-state index is 12.8. The predicted octanol–water partition coefficient (Wildman–Crippen LogP) is 5.07. The van der Waals surface area contributed by atoms with E-state index < -0.39 is 11.8 Å². The molecular weight excluding hydrogens is 504 g/mol. The lowest BCUT2D eigenvalue weighted by atomic mass is 9.95. The largest absolute Gasteiger partial charge is 0.489 e. The molecule has 1 fully saturated rings. The second-order valence-electron chi connectivity index (χ2n) is 8.99. The third-order valence-corrected chi connectivity index (χ3v) is 6.38. The summed E-state index contributed by atoms with van der Waals surface area (Å²) >= 11 is 5.91. The van der Waals surface area contributed by atoms with Crippen LogP contribution in [0.3, 0.4) is 0 Å². The fourth-order valence-corrected chi connectivity index (χ4v) is 4.25. The van der Waals surface area contributed by atoms with E-state index in [0.717, 1.165) is 31.2 Å². The average Bonchev–Trinajstić information content (AvgIpc) is 2.93. The molecule has 4 rings (SSSR count). The van der Waals surface area contributed by atoms with Gasteiger partial charge in [0.1, 0.15) is 12.4 Å². The third-order valence-electron chi connectivity index (χ3n) is 6.12. The van der Waals surface area contributed by atoms with Crippen molar-refractivity contribution < 1.29 is 19.1 Å². The Hall–Kier alpha value is -4.17. The number of amides is 3. The van der Waals surface area contributed by atoms with Gasteiger partial charge in [-0.25, -0.2) is 5.43 Å². The molecule has 1 aliphatic carbocycles. The summed E-state index contributed by atoms with van der Waals surface area (Å²) in [7, 11) is 0. The molecule has 1 aliphatic rings. The number of ether oxygens (including phenoxy) is 1. The second kappa shape index (κ2) is 13.4. The summed E-state index contributed by atoms with van der Waals surface area (Å²) < 4.78 is 5.79. The van der Waals surface area contributed by atoms with Gasteiger partial charge in [-0.1, -0.05) is 67.3 Å². The highest BCUT2D eigenvalue weighted by atomic mass is 35.5. The lowest BCUT2D eigenvalue weighted by Crippen LogP contribution is -2.37. The number of para-hydroxylation sites is 1. The summed E-state index contributed by atoms with van der Waals surface area (Å²) in [6.45, 7) is 0.370. The minimum atomic E-state index is -0.959. The molecule has 9 heteroatoms. The summed E-state index contributed by atoms with van der Waals surface area (Å²) in [6, 6.07) is 21.2. The Morgan fingerprint density at radius 1 is 0.921 bits per heavy atom. The number of nitrogens with one attached hydrogen (secondary N) is 3. The van der Waals surface area contributed by atoms with Crippen LogP contribution in [0.2, 0.25) is 5.02 Å². The molecule has 3 N–H and O–H groups in total. The van der Waals surface area contributed by atoms with Gasteiger partial charge in [-0.3, -0.25) is 14.4 Å². The SMILES string of the molecule is O=C(NN=Cc1cccc(OCc2ccc(Cl)cc2)c1)C(=O)Nc1ccccc1C(=O)NC1CCCCC1. The van der Waals surface area contributed by atoms with Crippen LogP contribution in [-0.4, -0.2) is 30.0 Å². The van der Waals surface area contributed by atoms with E-state index >= 15 is 0 Å². The van der Waals surface area contributed by atoms with E-state index in [0.29, 0.717) is 28.5 Å². The Kier molecular flexibility index (Phi) is 9.48. The van der Waals surface area contributed by atoms with Gasteiger partial charge in [0.05, 0.1) is 17.5 Å². The van der Waals surface area contributed by atoms with Crippen LogP contribution in [0.4, 0.5) is 5.69 Å². The number of benzene rings is 3. The number of hydrogen-bond donors (Lipinski definition) is 3. The van der Waals surface area contributed by atoms with Crippen molar-refractivity contribution in [1.29, 1.82) is 0 Å². The molecule has 1 saturated carbocycles. The third kappa shape index (κ3) is 7.91. The number of carbonyl (C=O) groups excluding carboxylic acids is 3. The van der Waals surface area contributed by atoms with Gasteiger partial charge in [0, 0.05) is 11.1 Å². The van der Waals surface area contributed by atoms with E-state index in [1.807, 2.05) is 12.1 Å². The van der Waals surface area contributed by atoms with Gasteiger partial charge in [-0.15, -0.1) is 0 Å². The first-order valence-electron chi connectivity index (χ1n) is 12.5. The zero-order valence-corrected chi connectivity index (χ0v) is 21.5. The van der Waals surface area contributed by atoms with Crippen LogP contribution in [0.15, 0.2) is 77.9 Å². The number of carbonyl (C=O) groups is 3. The van der Waals surface area contributed by atoms with Crippen LogP contribution >= 0.6 is 11.6 Å². The number of nitrogens with zero attached hydrogens (tertiary/aromatic N) is 1. The molecule has 0 aromatic heterocycles. The van der Waals surface area contributed by atoms with Crippen LogP contribution < -0.4 is 20.8 Å². The minimum absolute atomic E-state index is 0.124. The lowest BCUT2D eigenvalue weighted by Gasteiger charge is -2.23.